The third kappa shape index (κ3) is 7.93. The van der Waals surface area contributed by atoms with Crippen LogP contribution in [0.25, 0.3) is 10.9 Å². The molecule has 3 aromatic rings. The van der Waals surface area contributed by atoms with Crippen LogP contribution in [0, 0.1) is 0 Å². The summed E-state index contributed by atoms with van der Waals surface area (Å²) in [4.78, 5) is 29.8. The van der Waals surface area contributed by atoms with Crippen LogP contribution >= 0.6 is 46.4 Å². The van der Waals surface area contributed by atoms with Gasteiger partial charge in [-0.2, -0.15) is 0 Å². The lowest BCUT2D eigenvalue weighted by molar-refractivity contribution is -0.135. The van der Waals surface area contributed by atoms with Gasteiger partial charge in [-0.25, -0.2) is 9.59 Å². The average Bonchev–Trinajstić information content (AvgIpc) is 3.18. The van der Waals surface area contributed by atoms with E-state index in [1.807, 2.05) is 0 Å². The van der Waals surface area contributed by atoms with Crippen molar-refractivity contribution in [3.63, 3.8) is 0 Å². The van der Waals surface area contributed by atoms with Crippen LogP contribution < -0.4 is 0 Å². The molecular formula is C23H22Cl4N2O4. The molecule has 2 aromatic carbocycles. The molecule has 0 aliphatic carbocycles. The molecule has 33 heavy (non-hydrogen) atoms. The van der Waals surface area contributed by atoms with E-state index < -0.39 is 11.9 Å². The number of rotatable bonds is 6. The second-order valence-electron chi connectivity index (χ2n) is 6.61. The number of carbonyl (C=O) groups excluding carboxylic acids is 2. The predicted octanol–water partition coefficient (Wildman–Crippen LogP) is 7.17. The van der Waals surface area contributed by atoms with E-state index in [4.69, 9.17) is 55.9 Å². The van der Waals surface area contributed by atoms with Crippen LogP contribution in [0.3, 0.4) is 0 Å². The van der Waals surface area contributed by atoms with Crippen LogP contribution in [-0.4, -0.2) is 35.8 Å². The van der Waals surface area contributed by atoms with Gasteiger partial charge in [-0.15, -0.1) is 0 Å². The topological polar surface area (TPSA) is 80.8 Å². The fourth-order valence-corrected chi connectivity index (χ4v) is 3.66. The third-order valence-electron chi connectivity index (χ3n) is 4.21. The molecule has 0 bridgehead atoms. The molecule has 6 nitrogen and oxygen atoms in total. The third-order valence-corrected chi connectivity index (χ3v) is 5.32. The fraction of sp³-hybridized carbons (Fsp3) is 0.261. The lowest BCUT2D eigenvalue weighted by Gasteiger charge is -2.03. The molecule has 0 radical (unpaired) electrons. The fourth-order valence-electron chi connectivity index (χ4n) is 2.64. The van der Waals surface area contributed by atoms with Crippen LogP contribution in [-0.2, 0) is 20.8 Å². The van der Waals surface area contributed by atoms with Crippen molar-refractivity contribution in [3.8, 4) is 0 Å². The van der Waals surface area contributed by atoms with E-state index in [2.05, 4.69) is 9.98 Å². The molecule has 0 saturated heterocycles. The van der Waals surface area contributed by atoms with Crippen molar-refractivity contribution >= 4 is 75.0 Å². The van der Waals surface area contributed by atoms with Crippen molar-refractivity contribution in [1.29, 1.82) is 0 Å². The number of fused-ring (bicyclic) bond motifs is 1. The lowest BCUT2D eigenvalue weighted by Crippen LogP contribution is -2.14. The molecule has 0 fully saturated rings. The first-order valence-electron chi connectivity index (χ1n) is 9.93. The molecule has 0 atom stereocenters. The quantitative estimate of drug-likeness (QED) is 0.270. The molecular weight excluding hydrogens is 510 g/mol. The van der Waals surface area contributed by atoms with Crippen LogP contribution in [0.15, 0.2) is 41.4 Å². The summed E-state index contributed by atoms with van der Waals surface area (Å²) in [6.45, 7) is 6.13. The van der Waals surface area contributed by atoms with Crippen LogP contribution in [0.4, 0.5) is 0 Å². The summed E-state index contributed by atoms with van der Waals surface area (Å²) in [5, 5.41) is 2.92. The van der Waals surface area contributed by atoms with Crippen LogP contribution in [0.2, 0.25) is 20.1 Å². The summed E-state index contributed by atoms with van der Waals surface area (Å²) < 4.78 is 9.70. The number of nitrogens with one attached hydrogen (secondary N) is 1. The highest BCUT2D eigenvalue weighted by Gasteiger charge is 2.12. The van der Waals surface area contributed by atoms with Gasteiger partial charge in [0.05, 0.1) is 30.3 Å². The minimum absolute atomic E-state index is 0.331. The Bertz CT molecular complexity index is 1170. The van der Waals surface area contributed by atoms with E-state index in [9.17, 15) is 9.59 Å². The Hall–Kier alpha value is -2.25. The molecule has 0 unspecified atom stereocenters. The highest BCUT2D eigenvalue weighted by molar-refractivity contribution is 6.38. The zero-order valence-corrected chi connectivity index (χ0v) is 21.2. The van der Waals surface area contributed by atoms with Gasteiger partial charge >= 0.3 is 11.9 Å². The number of benzene rings is 2. The van der Waals surface area contributed by atoms with Crippen LogP contribution in [0.5, 0.6) is 0 Å². The van der Waals surface area contributed by atoms with Gasteiger partial charge in [-0.3, -0.25) is 4.99 Å². The van der Waals surface area contributed by atoms with E-state index in [0.29, 0.717) is 56.8 Å². The number of H-pyrrole nitrogens is 1. The maximum Gasteiger partial charge on any atom is 0.354 e. The molecule has 0 spiro atoms. The molecule has 10 heteroatoms. The van der Waals surface area contributed by atoms with Gasteiger partial charge in [0.15, 0.2) is 0 Å². The number of carbonyl (C=O) groups is 2. The SMILES string of the molecule is CCOC(=O)C(C)=NCc1ccc(Cl)cc1Cl.CCOC(=O)c1cc2cc(Cl)cc(Cl)c2[nH]1. The van der Waals surface area contributed by atoms with E-state index in [0.717, 1.165) is 10.9 Å². The second-order valence-corrected chi connectivity index (χ2v) is 8.30. The normalized spacial score (nSPS) is 11.1. The van der Waals surface area contributed by atoms with Gasteiger partial charge in [0, 0.05) is 20.5 Å². The number of hydrogen-bond acceptors (Lipinski definition) is 5. The monoisotopic (exact) mass is 530 g/mol. The number of aromatic amines is 1. The van der Waals surface area contributed by atoms with Crippen molar-refractivity contribution in [2.45, 2.75) is 27.3 Å². The smallest absolute Gasteiger partial charge is 0.354 e. The van der Waals surface area contributed by atoms with Crippen molar-refractivity contribution in [2.24, 2.45) is 4.99 Å². The minimum atomic E-state index is -0.405. The molecule has 0 amide bonds. The Morgan fingerprint density at radius 3 is 2.21 bits per heavy atom. The summed E-state index contributed by atoms with van der Waals surface area (Å²) in [6.07, 6.45) is 0. The Morgan fingerprint density at radius 1 is 0.909 bits per heavy atom. The average molecular weight is 532 g/mol. The van der Waals surface area contributed by atoms with Crippen molar-refractivity contribution in [2.75, 3.05) is 13.2 Å². The largest absolute Gasteiger partial charge is 0.462 e. The molecule has 0 saturated carbocycles. The number of hydrogen-bond donors (Lipinski definition) is 1. The number of ether oxygens (including phenoxy) is 2. The first-order valence-corrected chi connectivity index (χ1v) is 11.4. The number of halogens is 4. The molecule has 1 heterocycles. The molecule has 3 rings (SSSR count). The number of aromatic nitrogens is 1. The minimum Gasteiger partial charge on any atom is -0.462 e. The summed E-state index contributed by atoms with van der Waals surface area (Å²) in [5.41, 5.74) is 2.22. The van der Waals surface area contributed by atoms with Gasteiger partial charge in [0.1, 0.15) is 11.4 Å². The Balaban J connectivity index is 0.000000234. The molecule has 1 aromatic heterocycles. The summed E-state index contributed by atoms with van der Waals surface area (Å²) >= 11 is 23.6. The number of esters is 2. The Kier molecular flexibility index (Phi) is 10.5. The predicted molar refractivity (Wildman–Crippen MR) is 134 cm³/mol. The summed E-state index contributed by atoms with van der Waals surface area (Å²) in [7, 11) is 0. The second kappa shape index (κ2) is 12.8. The van der Waals surface area contributed by atoms with E-state index in [1.54, 1.807) is 57.2 Å². The first-order chi connectivity index (χ1) is 15.7. The van der Waals surface area contributed by atoms with Crippen LogP contribution in [0.1, 0.15) is 36.8 Å². The zero-order chi connectivity index (χ0) is 24.5. The maximum absolute atomic E-state index is 11.5. The maximum atomic E-state index is 11.5. The van der Waals surface area contributed by atoms with E-state index >= 15 is 0 Å². The van der Waals surface area contributed by atoms with Crippen molar-refractivity contribution < 1.29 is 19.1 Å². The standard InChI is InChI=1S/C12H13Cl2NO2.C11H9Cl2NO2/c1-3-17-12(16)8(2)15-7-9-4-5-10(13)6-11(9)14;1-2-16-11(15)9-4-6-3-7(12)5-8(13)10(6)14-9/h4-6H,3,7H2,1-2H3;3-5,14H,2H2,1H3. The highest BCUT2D eigenvalue weighted by Crippen LogP contribution is 2.28. The molecule has 0 aliphatic rings. The lowest BCUT2D eigenvalue weighted by atomic mass is 10.2. The molecule has 1 N–H and O–H groups in total. The van der Waals surface area contributed by atoms with Gasteiger partial charge in [0.2, 0.25) is 0 Å². The van der Waals surface area contributed by atoms with Gasteiger partial charge in [-0.1, -0.05) is 52.5 Å². The van der Waals surface area contributed by atoms with E-state index in [-0.39, 0.29) is 0 Å². The first kappa shape index (κ1) is 27.0. The molecule has 176 valence electrons. The van der Waals surface area contributed by atoms with Crippen molar-refractivity contribution in [1.82, 2.24) is 4.98 Å². The van der Waals surface area contributed by atoms with Gasteiger partial charge < -0.3 is 14.5 Å². The summed E-state index contributed by atoms with van der Waals surface area (Å²) in [6, 6.07) is 10.2. The van der Waals surface area contributed by atoms with Crippen molar-refractivity contribution in [3.05, 3.63) is 67.7 Å². The Labute approximate surface area is 211 Å². The Morgan fingerprint density at radius 2 is 1.58 bits per heavy atom. The number of aliphatic imine (C=N–C) groups is 1. The van der Waals surface area contributed by atoms with Gasteiger partial charge in [-0.05, 0) is 56.7 Å². The van der Waals surface area contributed by atoms with E-state index in [1.165, 1.54) is 0 Å². The highest BCUT2D eigenvalue weighted by atomic mass is 35.5. The molecule has 0 aliphatic heterocycles. The number of nitrogens with zero attached hydrogens (tertiary/aromatic N) is 1. The summed E-state index contributed by atoms with van der Waals surface area (Å²) in [5.74, 6) is -0.802. The zero-order valence-electron chi connectivity index (χ0n) is 18.2. The van der Waals surface area contributed by atoms with Gasteiger partial charge in [0.25, 0.3) is 0 Å².